The van der Waals surface area contributed by atoms with Gasteiger partial charge in [0.15, 0.2) is 0 Å². The molecule has 0 spiro atoms. The summed E-state index contributed by atoms with van der Waals surface area (Å²) >= 11 is 0. The van der Waals surface area contributed by atoms with E-state index in [1.807, 2.05) is 48.5 Å². The van der Waals surface area contributed by atoms with Crippen LogP contribution < -0.4 is 15.8 Å². The fourth-order valence-corrected chi connectivity index (χ4v) is 2.35. The number of ether oxygens (including phenoxy) is 1. The SMILES string of the molecule is CCCOc1ccc(CCC(=O)NCCc2ccc(N)cc2)cc1. The lowest BCUT2D eigenvalue weighted by molar-refractivity contribution is -0.121. The van der Waals surface area contributed by atoms with Crippen molar-refractivity contribution >= 4 is 11.6 Å². The Bertz CT molecular complexity index is 621. The zero-order valence-electron chi connectivity index (χ0n) is 14.3. The molecule has 0 radical (unpaired) electrons. The molecule has 4 heteroatoms. The van der Waals surface area contributed by atoms with Crippen molar-refractivity contribution in [3.63, 3.8) is 0 Å². The van der Waals surface area contributed by atoms with Crippen LogP contribution in [0.3, 0.4) is 0 Å². The molecule has 0 aliphatic heterocycles. The van der Waals surface area contributed by atoms with Crippen LogP contribution in [0.25, 0.3) is 0 Å². The van der Waals surface area contributed by atoms with Gasteiger partial charge in [0.1, 0.15) is 5.75 Å². The highest BCUT2D eigenvalue weighted by Gasteiger charge is 2.03. The summed E-state index contributed by atoms with van der Waals surface area (Å²) in [6.45, 7) is 3.46. The molecule has 0 aliphatic carbocycles. The van der Waals surface area contributed by atoms with E-state index in [0.717, 1.165) is 42.9 Å². The highest BCUT2D eigenvalue weighted by atomic mass is 16.5. The summed E-state index contributed by atoms with van der Waals surface area (Å²) in [5.74, 6) is 0.963. The maximum atomic E-state index is 11.9. The molecule has 0 saturated heterocycles. The van der Waals surface area contributed by atoms with Gasteiger partial charge in [-0.3, -0.25) is 4.79 Å². The third-order valence-corrected chi connectivity index (χ3v) is 3.75. The van der Waals surface area contributed by atoms with Crippen molar-refractivity contribution in [3.05, 3.63) is 59.7 Å². The largest absolute Gasteiger partial charge is 0.494 e. The molecule has 0 bridgehead atoms. The zero-order chi connectivity index (χ0) is 17.2. The number of nitrogens with one attached hydrogen (secondary N) is 1. The Hall–Kier alpha value is -2.49. The third-order valence-electron chi connectivity index (χ3n) is 3.75. The maximum absolute atomic E-state index is 11.9. The van der Waals surface area contributed by atoms with Crippen LogP contribution in [0.4, 0.5) is 5.69 Å². The number of aryl methyl sites for hydroxylation is 1. The summed E-state index contributed by atoms with van der Waals surface area (Å²) in [5, 5.41) is 2.96. The minimum Gasteiger partial charge on any atom is -0.494 e. The van der Waals surface area contributed by atoms with Crippen LogP contribution >= 0.6 is 0 Å². The van der Waals surface area contributed by atoms with Gasteiger partial charge >= 0.3 is 0 Å². The lowest BCUT2D eigenvalue weighted by Crippen LogP contribution is -2.25. The molecule has 2 aromatic carbocycles. The summed E-state index contributed by atoms with van der Waals surface area (Å²) in [5.41, 5.74) is 8.73. The molecule has 0 fully saturated rings. The second-order valence-corrected chi connectivity index (χ2v) is 5.83. The number of benzene rings is 2. The standard InChI is InChI=1S/C20H26N2O2/c1-2-15-24-19-10-5-16(6-11-19)7-12-20(23)22-14-13-17-3-8-18(21)9-4-17/h3-6,8-11H,2,7,12-15,21H2,1H3,(H,22,23). The summed E-state index contributed by atoms with van der Waals surface area (Å²) < 4.78 is 5.55. The molecule has 0 aromatic heterocycles. The summed E-state index contributed by atoms with van der Waals surface area (Å²) in [7, 11) is 0. The highest BCUT2D eigenvalue weighted by molar-refractivity contribution is 5.76. The topological polar surface area (TPSA) is 64.3 Å². The molecular formula is C20H26N2O2. The molecule has 0 unspecified atom stereocenters. The van der Waals surface area contributed by atoms with Gasteiger partial charge in [0.05, 0.1) is 6.61 Å². The van der Waals surface area contributed by atoms with Gasteiger partial charge < -0.3 is 15.8 Å². The van der Waals surface area contributed by atoms with Crippen molar-refractivity contribution in [1.29, 1.82) is 0 Å². The third kappa shape index (κ3) is 6.32. The van der Waals surface area contributed by atoms with Gasteiger partial charge in [0.2, 0.25) is 5.91 Å². The predicted molar refractivity (Wildman–Crippen MR) is 98.1 cm³/mol. The molecular weight excluding hydrogens is 300 g/mol. The van der Waals surface area contributed by atoms with Crippen LogP contribution in [0.5, 0.6) is 5.75 Å². The summed E-state index contributed by atoms with van der Waals surface area (Å²) in [6.07, 6.45) is 3.05. The summed E-state index contributed by atoms with van der Waals surface area (Å²) in [4.78, 5) is 11.9. The van der Waals surface area contributed by atoms with Crippen LogP contribution in [0.15, 0.2) is 48.5 Å². The molecule has 0 heterocycles. The highest BCUT2D eigenvalue weighted by Crippen LogP contribution is 2.13. The number of nitrogen functional groups attached to an aromatic ring is 1. The van der Waals surface area contributed by atoms with E-state index >= 15 is 0 Å². The first-order valence-electron chi connectivity index (χ1n) is 8.50. The fourth-order valence-electron chi connectivity index (χ4n) is 2.35. The van der Waals surface area contributed by atoms with Crippen LogP contribution in [0.2, 0.25) is 0 Å². The van der Waals surface area contributed by atoms with E-state index in [1.54, 1.807) is 0 Å². The number of nitrogens with two attached hydrogens (primary N) is 1. The normalized spacial score (nSPS) is 10.4. The van der Waals surface area contributed by atoms with E-state index < -0.39 is 0 Å². The Morgan fingerprint density at radius 1 is 1.00 bits per heavy atom. The Labute approximate surface area is 144 Å². The number of carbonyl (C=O) groups excluding carboxylic acids is 1. The average Bonchev–Trinajstić information content (AvgIpc) is 2.61. The lowest BCUT2D eigenvalue weighted by atomic mass is 10.1. The number of rotatable bonds is 9. The quantitative estimate of drug-likeness (QED) is 0.695. The average molecular weight is 326 g/mol. The van der Waals surface area contributed by atoms with Crippen molar-refractivity contribution in [2.75, 3.05) is 18.9 Å². The van der Waals surface area contributed by atoms with Gasteiger partial charge in [0.25, 0.3) is 0 Å². The summed E-state index contributed by atoms with van der Waals surface area (Å²) in [6, 6.07) is 15.7. The molecule has 0 aliphatic rings. The van der Waals surface area contributed by atoms with Crippen molar-refractivity contribution in [1.82, 2.24) is 5.32 Å². The molecule has 2 aromatic rings. The van der Waals surface area contributed by atoms with E-state index in [0.29, 0.717) is 13.0 Å². The van der Waals surface area contributed by atoms with Gasteiger partial charge in [-0.15, -0.1) is 0 Å². The number of anilines is 1. The van der Waals surface area contributed by atoms with Crippen LogP contribution in [-0.2, 0) is 17.6 Å². The Morgan fingerprint density at radius 3 is 2.29 bits per heavy atom. The molecule has 24 heavy (non-hydrogen) atoms. The molecule has 2 rings (SSSR count). The van der Waals surface area contributed by atoms with E-state index in [9.17, 15) is 4.79 Å². The molecule has 1 amide bonds. The smallest absolute Gasteiger partial charge is 0.220 e. The van der Waals surface area contributed by atoms with Gasteiger partial charge in [-0.25, -0.2) is 0 Å². The van der Waals surface area contributed by atoms with E-state index in [2.05, 4.69) is 12.2 Å². The minimum atomic E-state index is 0.0803. The van der Waals surface area contributed by atoms with Crippen molar-refractivity contribution in [2.45, 2.75) is 32.6 Å². The van der Waals surface area contributed by atoms with E-state index in [4.69, 9.17) is 10.5 Å². The monoisotopic (exact) mass is 326 g/mol. The van der Waals surface area contributed by atoms with Gasteiger partial charge in [-0.2, -0.15) is 0 Å². The second kappa shape index (κ2) is 9.60. The van der Waals surface area contributed by atoms with Gasteiger partial charge in [0, 0.05) is 18.7 Å². The van der Waals surface area contributed by atoms with E-state index in [-0.39, 0.29) is 5.91 Å². The van der Waals surface area contributed by atoms with E-state index in [1.165, 1.54) is 5.56 Å². The van der Waals surface area contributed by atoms with Crippen LogP contribution in [0, 0.1) is 0 Å². The molecule has 4 nitrogen and oxygen atoms in total. The second-order valence-electron chi connectivity index (χ2n) is 5.83. The Kier molecular flexibility index (Phi) is 7.15. The lowest BCUT2D eigenvalue weighted by Gasteiger charge is -2.07. The molecule has 0 atom stereocenters. The van der Waals surface area contributed by atoms with Gasteiger partial charge in [-0.05, 0) is 54.7 Å². The minimum absolute atomic E-state index is 0.0803. The first-order chi connectivity index (χ1) is 11.7. The number of amides is 1. The Balaban J connectivity index is 1.66. The van der Waals surface area contributed by atoms with Crippen molar-refractivity contribution in [2.24, 2.45) is 0 Å². The Morgan fingerprint density at radius 2 is 1.62 bits per heavy atom. The predicted octanol–water partition coefficient (Wildman–Crippen LogP) is 3.35. The number of hydrogen-bond acceptors (Lipinski definition) is 3. The fraction of sp³-hybridized carbons (Fsp3) is 0.350. The van der Waals surface area contributed by atoms with Crippen molar-refractivity contribution in [3.8, 4) is 5.75 Å². The molecule has 0 saturated carbocycles. The first kappa shape index (κ1) is 17.9. The van der Waals surface area contributed by atoms with Crippen molar-refractivity contribution < 1.29 is 9.53 Å². The van der Waals surface area contributed by atoms with Gasteiger partial charge in [-0.1, -0.05) is 31.2 Å². The van der Waals surface area contributed by atoms with Crippen LogP contribution in [0.1, 0.15) is 30.9 Å². The zero-order valence-corrected chi connectivity index (χ0v) is 14.3. The van der Waals surface area contributed by atoms with Crippen LogP contribution in [-0.4, -0.2) is 19.1 Å². The molecule has 128 valence electrons. The number of hydrogen-bond donors (Lipinski definition) is 2. The maximum Gasteiger partial charge on any atom is 0.220 e. The molecule has 3 N–H and O–H groups in total. The first-order valence-corrected chi connectivity index (χ1v) is 8.50. The number of carbonyl (C=O) groups is 1.